The summed E-state index contributed by atoms with van der Waals surface area (Å²) < 4.78 is 5.04. The fourth-order valence-corrected chi connectivity index (χ4v) is 2.38. The molecule has 0 spiro atoms. The molecule has 0 saturated carbocycles. The van der Waals surface area contributed by atoms with Gasteiger partial charge in [0.05, 0.1) is 21.6 Å². The number of nitro benzene ring substituents is 1. The zero-order valence-electron chi connectivity index (χ0n) is 15.6. The summed E-state index contributed by atoms with van der Waals surface area (Å²) in [5, 5.41) is 29.2. The van der Waals surface area contributed by atoms with E-state index in [4.69, 9.17) is 19.6 Å². The van der Waals surface area contributed by atoms with Crippen LogP contribution in [0.25, 0.3) is 0 Å². The van der Waals surface area contributed by atoms with Crippen molar-refractivity contribution in [3.8, 4) is 0 Å². The van der Waals surface area contributed by atoms with Crippen molar-refractivity contribution in [1.82, 2.24) is 0 Å². The number of benzene rings is 2. The first kappa shape index (κ1) is 22.5. The summed E-state index contributed by atoms with van der Waals surface area (Å²) in [5.41, 5.74) is -1.15. The molecule has 30 heavy (non-hydrogen) atoms. The van der Waals surface area contributed by atoms with Crippen LogP contribution in [0.5, 0.6) is 0 Å². The van der Waals surface area contributed by atoms with Gasteiger partial charge < -0.3 is 14.9 Å². The third-order valence-electron chi connectivity index (χ3n) is 3.87. The Morgan fingerprint density at radius 1 is 1.03 bits per heavy atom. The topological polar surface area (TPSA) is 162 Å². The number of hydrogen-bond acceptors (Lipinski definition) is 8. The number of aromatic carboxylic acids is 2. The Bertz CT molecular complexity index is 972. The molecule has 0 bridgehead atoms. The Kier molecular flexibility index (Phi) is 7.56. The number of carboxylic acids is 2. The molecule has 11 heteroatoms. The van der Waals surface area contributed by atoms with E-state index >= 15 is 0 Å². The number of carbonyl (C=O) groups excluding carboxylic acids is 1. The lowest BCUT2D eigenvalue weighted by Gasteiger charge is -2.16. The van der Waals surface area contributed by atoms with E-state index in [0.29, 0.717) is 5.56 Å². The second-order valence-corrected chi connectivity index (χ2v) is 5.86. The number of nitrogens with zero attached hydrogens (tertiary/aromatic N) is 1. The van der Waals surface area contributed by atoms with Crippen LogP contribution in [0.1, 0.15) is 50.0 Å². The van der Waals surface area contributed by atoms with Gasteiger partial charge in [-0.1, -0.05) is 25.1 Å². The van der Waals surface area contributed by atoms with Gasteiger partial charge in [-0.25, -0.2) is 19.3 Å². The quantitative estimate of drug-likeness (QED) is 0.192. The Morgan fingerprint density at radius 2 is 1.70 bits per heavy atom. The highest BCUT2D eigenvalue weighted by molar-refractivity contribution is 6.03. The number of nitro groups is 1. The zero-order valence-corrected chi connectivity index (χ0v) is 15.6. The van der Waals surface area contributed by atoms with Gasteiger partial charge in [0.25, 0.3) is 5.69 Å². The summed E-state index contributed by atoms with van der Waals surface area (Å²) in [7, 11) is 0. The van der Waals surface area contributed by atoms with Crippen LogP contribution in [0.2, 0.25) is 0 Å². The second kappa shape index (κ2) is 10.1. The first-order chi connectivity index (χ1) is 14.2. The highest BCUT2D eigenvalue weighted by Gasteiger charge is 2.24. The monoisotopic (exact) mass is 419 g/mol. The molecule has 0 saturated heterocycles. The van der Waals surface area contributed by atoms with Crippen molar-refractivity contribution >= 4 is 23.6 Å². The molecule has 1 unspecified atom stereocenters. The van der Waals surface area contributed by atoms with Crippen LogP contribution in [-0.2, 0) is 21.1 Å². The number of rotatable bonds is 10. The summed E-state index contributed by atoms with van der Waals surface area (Å²) in [5.74, 6) is -3.77. The Labute approximate surface area is 169 Å². The van der Waals surface area contributed by atoms with Gasteiger partial charge in [0, 0.05) is 18.6 Å². The van der Waals surface area contributed by atoms with E-state index < -0.39 is 45.9 Å². The summed E-state index contributed by atoms with van der Waals surface area (Å²) in [6.07, 6.45) is -1.17. The fourth-order valence-electron chi connectivity index (χ4n) is 2.38. The Hall–Kier alpha value is -3.83. The van der Waals surface area contributed by atoms with E-state index in [0.717, 1.165) is 18.2 Å². The molecule has 0 aromatic heterocycles. The maximum absolute atomic E-state index is 12.4. The summed E-state index contributed by atoms with van der Waals surface area (Å²) in [4.78, 5) is 54.9. The SMILES string of the molecule is CCC(OOCc1ccccc1C(=O)O)OC(=O)c1cc([N+](=O)[O-])ccc1C(=O)O. The highest BCUT2D eigenvalue weighted by atomic mass is 17.2. The van der Waals surface area contributed by atoms with Crippen LogP contribution in [0.15, 0.2) is 42.5 Å². The van der Waals surface area contributed by atoms with Gasteiger partial charge in [-0.05, 0) is 17.7 Å². The minimum atomic E-state index is -1.47. The van der Waals surface area contributed by atoms with Crippen molar-refractivity contribution in [2.75, 3.05) is 0 Å². The third-order valence-corrected chi connectivity index (χ3v) is 3.87. The fraction of sp³-hybridized carbons (Fsp3) is 0.211. The average molecular weight is 419 g/mol. The minimum Gasteiger partial charge on any atom is -0.478 e. The standard InChI is InChI=1S/C19H17NO10/c1-2-16(30-28-10-11-5-3-4-6-13(11)17(21)22)29-19(25)15-9-12(20(26)27)7-8-14(15)18(23)24/h3-9,16H,2,10H2,1H3,(H,21,22)(H,23,24). The second-order valence-electron chi connectivity index (χ2n) is 5.86. The highest BCUT2D eigenvalue weighted by Crippen LogP contribution is 2.20. The predicted molar refractivity (Wildman–Crippen MR) is 98.8 cm³/mol. The minimum absolute atomic E-state index is 0.00818. The average Bonchev–Trinajstić information content (AvgIpc) is 2.72. The molecule has 158 valence electrons. The molecule has 0 aliphatic carbocycles. The van der Waals surface area contributed by atoms with Crippen molar-refractivity contribution in [1.29, 1.82) is 0 Å². The van der Waals surface area contributed by atoms with Crippen LogP contribution in [0.4, 0.5) is 5.69 Å². The molecule has 0 aliphatic rings. The van der Waals surface area contributed by atoms with Gasteiger partial charge >= 0.3 is 17.9 Å². The van der Waals surface area contributed by atoms with Crippen LogP contribution in [0, 0.1) is 10.1 Å². The number of non-ortho nitro benzene ring substituents is 1. The number of esters is 1. The van der Waals surface area contributed by atoms with E-state index in [1.807, 2.05) is 0 Å². The van der Waals surface area contributed by atoms with Crippen molar-refractivity contribution < 1.29 is 44.0 Å². The molecule has 2 rings (SSSR count). The molecule has 1 atom stereocenters. The van der Waals surface area contributed by atoms with Gasteiger partial charge in [0.15, 0.2) is 0 Å². The van der Waals surface area contributed by atoms with E-state index in [1.54, 1.807) is 19.1 Å². The lowest BCUT2D eigenvalue weighted by Crippen LogP contribution is -2.23. The zero-order chi connectivity index (χ0) is 22.3. The van der Waals surface area contributed by atoms with Crippen LogP contribution in [0.3, 0.4) is 0 Å². The van der Waals surface area contributed by atoms with Crippen molar-refractivity contribution in [2.45, 2.75) is 26.2 Å². The Balaban J connectivity index is 2.08. The lowest BCUT2D eigenvalue weighted by atomic mass is 10.1. The largest absolute Gasteiger partial charge is 0.478 e. The molecular formula is C19H17NO10. The predicted octanol–water partition coefficient (Wildman–Crippen LogP) is 3.03. The normalized spacial score (nSPS) is 11.5. The molecule has 0 radical (unpaired) electrons. The van der Waals surface area contributed by atoms with Crippen molar-refractivity contribution in [3.05, 3.63) is 74.8 Å². The summed E-state index contributed by atoms with van der Waals surface area (Å²) >= 11 is 0. The summed E-state index contributed by atoms with van der Waals surface area (Å²) in [6, 6.07) is 8.73. The molecule has 0 fully saturated rings. The maximum atomic E-state index is 12.4. The van der Waals surface area contributed by atoms with Crippen LogP contribution >= 0.6 is 0 Å². The van der Waals surface area contributed by atoms with Crippen molar-refractivity contribution in [2.24, 2.45) is 0 Å². The van der Waals surface area contributed by atoms with Gasteiger partial charge in [0.1, 0.15) is 6.61 Å². The number of ether oxygens (including phenoxy) is 1. The molecule has 11 nitrogen and oxygen atoms in total. The third kappa shape index (κ3) is 5.59. The lowest BCUT2D eigenvalue weighted by molar-refractivity contribution is -0.385. The maximum Gasteiger partial charge on any atom is 0.341 e. The van der Waals surface area contributed by atoms with Crippen LogP contribution < -0.4 is 0 Å². The number of hydrogen-bond donors (Lipinski definition) is 2. The smallest absolute Gasteiger partial charge is 0.341 e. The Morgan fingerprint density at radius 3 is 2.30 bits per heavy atom. The molecule has 2 N–H and O–H groups in total. The van der Waals surface area contributed by atoms with Gasteiger partial charge in [-0.2, -0.15) is 4.89 Å². The van der Waals surface area contributed by atoms with E-state index in [1.165, 1.54) is 12.1 Å². The molecule has 2 aromatic rings. The van der Waals surface area contributed by atoms with Crippen LogP contribution in [-0.4, -0.2) is 39.3 Å². The van der Waals surface area contributed by atoms with Gasteiger partial charge in [-0.15, -0.1) is 0 Å². The first-order valence-electron chi connectivity index (χ1n) is 8.56. The number of carbonyl (C=O) groups is 3. The molecule has 0 amide bonds. The number of carboxylic acid groups (broad SMARTS) is 2. The first-order valence-corrected chi connectivity index (χ1v) is 8.56. The van der Waals surface area contributed by atoms with Crippen molar-refractivity contribution in [3.63, 3.8) is 0 Å². The van der Waals surface area contributed by atoms with E-state index in [9.17, 15) is 29.6 Å². The molecular weight excluding hydrogens is 402 g/mol. The molecule has 0 aliphatic heterocycles. The molecule has 0 heterocycles. The van der Waals surface area contributed by atoms with Gasteiger partial charge in [0.2, 0.25) is 6.29 Å². The summed E-state index contributed by atoms with van der Waals surface area (Å²) in [6.45, 7) is 1.33. The van der Waals surface area contributed by atoms with Gasteiger partial charge in [-0.3, -0.25) is 10.1 Å². The van der Waals surface area contributed by atoms with E-state index in [-0.39, 0.29) is 18.6 Å². The van der Waals surface area contributed by atoms with E-state index in [2.05, 4.69) is 0 Å². The molecule has 2 aromatic carbocycles.